The lowest BCUT2D eigenvalue weighted by atomic mass is 10.3. The van der Waals surface area contributed by atoms with Gasteiger partial charge in [0, 0.05) is 11.8 Å². The highest BCUT2D eigenvalue weighted by molar-refractivity contribution is 14.1. The van der Waals surface area contributed by atoms with Crippen LogP contribution in [0.4, 0.5) is 4.39 Å². The van der Waals surface area contributed by atoms with E-state index in [1.807, 2.05) is 29.5 Å². The summed E-state index contributed by atoms with van der Waals surface area (Å²) in [5, 5.41) is 0. The van der Waals surface area contributed by atoms with Gasteiger partial charge in [-0.05, 0) is 35.1 Å². The monoisotopic (exact) mass is 251 g/mol. The van der Waals surface area contributed by atoms with Crippen molar-refractivity contribution in [3.05, 3.63) is 27.3 Å². The van der Waals surface area contributed by atoms with Gasteiger partial charge in [-0.1, -0.05) is 6.92 Å². The van der Waals surface area contributed by atoms with Crippen LogP contribution in [0.15, 0.2) is 12.1 Å². The highest BCUT2D eigenvalue weighted by Gasteiger charge is 1.96. The highest BCUT2D eigenvalue weighted by atomic mass is 127. The van der Waals surface area contributed by atoms with Crippen molar-refractivity contribution < 1.29 is 4.39 Å². The summed E-state index contributed by atoms with van der Waals surface area (Å²) >= 11 is 2.00. The molecular formula is C7H7FIN. The number of nitrogens with zero attached hydrogens (tertiary/aromatic N) is 1. The molecule has 0 aliphatic rings. The first-order valence-electron chi connectivity index (χ1n) is 3.04. The Balaban J connectivity index is 3.06. The van der Waals surface area contributed by atoms with E-state index in [1.165, 1.54) is 12.1 Å². The number of aryl methyl sites for hydroxylation is 1. The fourth-order valence-corrected chi connectivity index (χ4v) is 1.30. The van der Waals surface area contributed by atoms with Gasteiger partial charge in [0.25, 0.3) is 0 Å². The zero-order valence-electron chi connectivity index (χ0n) is 5.56. The summed E-state index contributed by atoms with van der Waals surface area (Å²) < 4.78 is 13.3. The molecule has 1 aromatic heterocycles. The van der Waals surface area contributed by atoms with Crippen LogP contribution in [0.3, 0.4) is 0 Å². The Morgan fingerprint density at radius 2 is 2.30 bits per heavy atom. The van der Waals surface area contributed by atoms with Crippen LogP contribution < -0.4 is 0 Å². The van der Waals surface area contributed by atoms with E-state index in [0.717, 1.165) is 15.8 Å². The van der Waals surface area contributed by atoms with Crippen LogP contribution in [0.2, 0.25) is 0 Å². The summed E-state index contributed by atoms with van der Waals surface area (Å²) in [6, 6.07) is 2.88. The minimum absolute atomic E-state index is 0.198. The number of pyridine rings is 1. The first-order chi connectivity index (χ1) is 4.72. The summed E-state index contributed by atoms with van der Waals surface area (Å²) in [6.07, 6.45) is 0.785. The molecule has 3 heteroatoms. The molecule has 1 aromatic rings. The van der Waals surface area contributed by atoms with Gasteiger partial charge in [-0.15, -0.1) is 0 Å². The van der Waals surface area contributed by atoms with Gasteiger partial charge in [0.1, 0.15) is 9.52 Å². The summed E-state index contributed by atoms with van der Waals surface area (Å²) in [5.74, 6) is -0.198. The molecule has 0 N–H and O–H groups in total. The van der Waals surface area contributed by atoms with Crippen LogP contribution in [-0.2, 0) is 6.42 Å². The van der Waals surface area contributed by atoms with Crippen LogP contribution in [0.1, 0.15) is 12.6 Å². The van der Waals surface area contributed by atoms with Gasteiger partial charge in [-0.2, -0.15) is 0 Å². The fraction of sp³-hybridized carbons (Fsp3) is 0.286. The van der Waals surface area contributed by atoms with Gasteiger partial charge in [-0.25, -0.2) is 9.37 Å². The average Bonchev–Trinajstić information content (AvgIpc) is 1.85. The van der Waals surface area contributed by atoms with E-state index in [-0.39, 0.29) is 5.82 Å². The standard InChI is InChI=1S/C7H7FIN/c1-2-6-3-5(8)4-7(9)10-6/h3-4H,2H2,1H3. The molecule has 0 aromatic carbocycles. The first-order valence-corrected chi connectivity index (χ1v) is 4.12. The van der Waals surface area contributed by atoms with Crippen molar-refractivity contribution in [2.45, 2.75) is 13.3 Å². The van der Waals surface area contributed by atoms with E-state index < -0.39 is 0 Å². The molecule has 54 valence electrons. The minimum Gasteiger partial charge on any atom is -0.247 e. The number of hydrogen-bond acceptors (Lipinski definition) is 1. The molecule has 0 radical (unpaired) electrons. The van der Waals surface area contributed by atoms with Crippen molar-refractivity contribution in [1.29, 1.82) is 0 Å². The van der Waals surface area contributed by atoms with Crippen molar-refractivity contribution in [3.63, 3.8) is 0 Å². The van der Waals surface area contributed by atoms with E-state index in [2.05, 4.69) is 4.98 Å². The van der Waals surface area contributed by atoms with Crippen LogP contribution in [0, 0.1) is 9.52 Å². The average molecular weight is 251 g/mol. The SMILES string of the molecule is CCc1cc(F)cc(I)n1. The molecule has 0 saturated carbocycles. The third-order valence-electron chi connectivity index (χ3n) is 1.17. The Hall–Kier alpha value is -0.190. The molecule has 1 rings (SSSR count). The summed E-state index contributed by atoms with van der Waals surface area (Å²) in [5.41, 5.74) is 0.810. The van der Waals surface area contributed by atoms with E-state index in [4.69, 9.17) is 0 Å². The van der Waals surface area contributed by atoms with Crippen molar-refractivity contribution >= 4 is 22.6 Å². The molecule has 1 heterocycles. The molecule has 0 atom stereocenters. The smallest absolute Gasteiger partial charge is 0.127 e. The van der Waals surface area contributed by atoms with E-state index in [9.17, 15) is 4.39 Å². The first kappa shape index (κ1) is 7.91. The van der Waals surface area contributed by atoms with Gasteiger partial charge in [-0.3, -0.25) is 0 Å². The summed E-state index contributed by atoms with van der Waals surface area (Å²) in [4.78, 5) is 4.10. The Morgan fingerprint density at radius 3 is 2.80 bits per heavy atom. The quantitative estimate of drug-likeness (QED) is 0.551. The number of halogens is 2. The molecule has 0 unspecified atom stereocenters. The van der Waals surface area contributed by atoms with Gasteiger partial charge < -0.3 is 0 Å². The number of rotatable bonds is 1. The molecule has 0 fully saturated rings. The lowest BCUT2D eigenvalue weighted by Gasteiger charge is -1.95. The molecule has 0 bridgehead atoms. The number of aromatic nitrogens is 1. The Labute approximate surface area is 72.8 Å². The summed E-state index contributed by atoms with van der Waals surface area (Å²) in [6.45, 7) is 1.96. The van der Waals surface area contributed by atoms with Crippen LogP contribution in [-0.4, -0.2) is 4.98 Å². The topological polar surface area (TPSA) is 12.9 Å². The highest BCUT2D eigenvalue weighted by Crippen LogP contribution is 2.06. The Kier molecular flexibility index (Phi) is 2.59. The second-order valence-corrected chi connectivity index (χ2v) is 3.06. The normalized spacial score (nSPS) is 9.90. The third kappa shape index (κ3) is 1.90. The van der Waals surface area contributed by atoms with E-state index >= 15 is 0 Å². The molecule has 0 spiro atoms. The van der Waals surface area contributed by atoms with Crippen molar-refractivity contribution in [1.82, 2.24) is 4.98 Å². The van der Waals surface area contributed by atoms with Crippen LogP contribution in [0.25, 0.3) is 0 Å². The van der Waals surface area contributed by atoms with Gasteiger partial charge >= 0.3 is 0 Å². The van der Waals surface area contributed by atoms with Crippen molar-refractivity contribution in [2.75, 3.05) is 0 Å². The maximum Gasteiger partial charge on any atom is 0.127 e. The van der Waals surface area contributed by atoms with Crippen LogP contribution >= 0.6 is 22.6 Å². The lowest BCUT2D eigenvalue weighted by Crippen LogP contribution is -1.90. The molecule has 0 amide bonds. The fourth-order valence-electron chi connectivity index (χ4n) is 0.697. The lowest BCUT2D eigenvalue weighted by molar-refractivity contribution is 0.620. The molecule has 0 aliphatic carbocycles. The minimum atomic E-state index is -0.198. The number of hydrogen-bond donors (Lipinski definition) is 0. The Morgan fingerprint density at radius 1 is 1.60 bits per heavy atom. The molecule has 10 heavy (non-hydrogen) atoms. The van der Waals surface area contributed by atoms with Gasteiger partial charge in [0.15, 0.2) is 0 Å². The third-order valence-corrected chi connectivity index (χ3v) is 1.73. The maximum absolute atomic E-state index is 12.6. The molecule has 0 aliphatic heterocycles. The van der Waals surface area contributed by atoms with E-state index in [1.54, 1.807) is 0 Å². The molecule has 1 nitrogen and oxygen atoms in total. The van der Waals surface area contributed by atoms with Crippen molar-refractivity contribution in [2.24, 2.45) is 0 Å². The largest absolute Gasteiger partial charge is 0.247 e. The Bertz CT molecular complexity index is 217. The van der Waals surface area contributed by atoms with E-state index in [0.29, 0.717) is 0 Å². The van der Waals surface area contributed by atoms with Crippen molar-refractivity contribution in [3.8, 4) is 0 Å². The van der Waals surface area contributed by atoms with Crippen LogP contribution in [0.5, 0.6) is 0 Å². The molecular weight excluding hydrogens is 244 g/mol. The molecule has 0 saturated heterocycles. The zero-order valence-corrected chi connectivity index (χ0v) is 7.72. The predicted octanol–water partition coefficient (Wildman–Crippen LogP) is 2.39. The maximum atomic E-state index is 12.6. The predicted molar refractivity (Wildman–Crippen MR) is 46.3 cm³/mol. The second-order valence-electron chi connectivity index (χ2n) is 1.95. The zero-order chi connectivity index (χ0) is 7.56. The van der Waals surface area contributed by atoms with Gasteiger partial charge in [0.05, 0.1) is 0 Å². The second kappa shape index (κ2) is 3.27. The summed E-state index contributed by atoms with van der Waals surface area (Å²) in [7, 11) is 0. The van der Waals surface area contributed by atoms with Gasteiger partial charge in [0.2, 0.25) is 0 Å².